The van der Waals surface area contributed by atoms with E-state index in [-0.39, 0.29) is 12.4 Å². The second kappa shape index (κ2) is 10.7. The van der Waals surface area contributed by atoms with Gasteiger partial charge in [-0.15, -0.1) is 0 Å². The van der Waals surface area contributed by atoms with Crippen LogP contribution in [0.2, 0.25) is 0 Å². The summed E-state index contributed by atoms with van der Waals surface area (Å²) in [6.07, 6.45) is -6.06. The van der Waals surface area contributed by atoms with Gasteiger partial charge >= 0.3 is 6.18 Å². The second-order valence-electron chi connectivity index (χ2n) is 8.11. The molecule has 3 aromatic rings. The molecule has 0 fully saturated rings. The summed E-state index contributed by atoms with van der Waals surface area (Å²) < 4.78 is 73.8. The second-order valence-corrected chi connectivity index (χ2v) is 9.95. The SMILES string of the molecule is CC(COc1ccccc1)N(C(C)C(O)c1ccc(O)cc1)S(=O)(=O)c1cccc(C(F)(F)F)c1. The summed E-state index contributed by atoms with van der Waals surface area (Å²) in [5.41, 5.74) is -0.769. The lowest BCUT2D eigenvalue weighted by Gasteiger charge is -2.36. The summed E-state index contributed by atoms with van der Waals surface area (Å²) in [7, 11) is -4.50. The van der Waals surface area contributed by atoms with Gasteiger partial charge in [-0.25, -0.2) is 8.42 Å². The molecule has 3 unspecified atom stereocenters. The van der Waals surface area contributed by atoms with Crippen molar-refractivity contribution in [2.24, 2.45) is 0 Å². The zero-order valence-electron chi connectivity index (χ0n) is 19.1. The lowest BCUT2D eigenvalue weighted by molar-refractivity contribution is -0.137. The Hall–Kier alpha value is -3.08. The third-order valence-corrected chi connectivity index (χ3v) is 7.60. The van der Waals surface area contributed by atoms with Crippen LogP contribution in [0.1, 0.15) is 31.1 Å². The molecule has 0 saturated carbocycles. The van der Waals surface area contributed by atoms with Gasteiger partial charge < -0.3 is 14.9 Å². The van der Waals surface area contributed by atoms with Crippen LogP contribution in [-0.2, 0) is 16.2 Å². The van der Waals surface area contributed by atoms with Crippen molar-refractivity contribution in [2.45, 2.75) is 43.1 Å². The van der Waals surface area contributed by atoms with Gasteiger partial charge in [0, 0.05) is 0 Å². The minimum Gasteiger partial charge on any atom is -0.508 e. The fraction of sp³-hybridized carbons (Fsp3) is 0.280. The van der Waals surface area contributed by atoms with Crippen molar-refractivity contribution >= 4 is 10.0 Å². The number of aromatic hydroxyl groups is 1. The Balaban J connectivity index is 2.00. The van der Waals surface area contributed by atoms with Crippen LogP contribution in [0.25, 0.3) is 0 Å². The highest BCUT2D eigenvalue weighted by Gasteiger charge is 2.39. The first-order chi connectivity index (χ1) is 16.4. The molecule has 0 saturated heterocycles. The lowest BCUT2D eigenvalue weighted by atomic mass is 10.0. The van der Waals surface area contributed by atoms with Gasteiger partial charge in [0.25, 0.3) is 0 Å². The number of aliphatic hydroxyl groups is 1. The van der Waals surface area contributed by atoms with Gasteiger partial charge in [0.05, 0.1) is 28.6 Å². The summed E-state index contributed by atoms with van der Waals surface area (Å²) >= 11 is 0. The number of sulfonamides is 1. The Bertz CT molecular complexity index is 1220. The van der Waals surface area contributed by atoms with E-state index in [1.165, 1.54) is 31.2 Å². The van der Waals surface area contributed by atoms with Crippen LogP contribution in [0.15, 0.2) is 83.8 Å². The highest BCUT2D eigenvalue weighted by molar-refractivity contribution is 7.89. The maximum absolute atomic E-state index is 13.6. The zero-order chi connectivity index (χ0) is 25.8. The summed E-state index contributed by atoms with van der Waals surface area (Å²) in [5.74, 6) is 0.453. The van der Waals surface area contributed by atoms with Crippen molar-refractivity contribution in [2.75, 3.05) is 6.61 Å². The summed E-state index contributed by atoms with van der Waals surface area (Å²) in [6, 6.07) is 15.8. The van der Waals surface area contributed by atoms with Crippen molar-refractivity contribution in [1.82, 2.24) is 4.31 Å². The quantitative estimate of drug-likeness (QED) is 0.424. The number of ether oxygens (including phenoxy) is 1. The van der Waals surface area contributed by atoms with E-state index in [9.17, 15) is 31.8 Å². The molecule has 0 heterocycles. The van der Waals surface area contributed by atoms with Crippen molar-refractivity contribution in [3.05, 3.63) is 90.0 Å². The van der Waals surface area contributed by atoms with Crippen LogP contribution in [-0.4, -0.2) is 41.6 Å². The molecule has 0 radical (unpaired) electrons. The first-order valence-electron chi connectivity index (χ1n) is 10.8. The van der Waals surface area contributed by atoms with Gasteiger partial charge in [0.15, 0.2) is 0 Å². The highest BCUT2D eigenvalue weighted by atomic mass is 32.2. The molecule has 2 N–H and O–H groups in total. The third kappa shape index (κ3) is 6.33. The Morgan fingerprint density at radius 1 is 0.943 bits per heavy atom. The Morgan fingerprint density at radius 3 is 2.17 bits per heavy atom. The molecule has 0 aliphatic rings. The zero-order valence-corrected chi connectivity index (χ0v) is 19.9. The number of halogens is 3. The average Bonchev–Trinajstić information content (AvgIpc) is 2.83. The first-order valence-corrected chi connectivity index (χ1v) is 12.2. The van der Waals surface area contributed by atoms with Gasteiger partial charge in [-0.1, -0.05) is 36.4 Å². The molecule has 3 aromatic carbocycles. The Labute approximate surface area is 202 Å². The standard InChI is InChI=1S/C25H26F3NO5S/c1-17(16-34-22-8-4-3-5-9-22)29(18(2)24(31)19-11-13-21(30)14-12-19)35(32,33)23-10-6-7-20(15-23)25(26,27)28/h3-15,17-18,24,30-31H,16H2,1-2H3. The molecule has 0 spiro atoms. The maximum Gasteiger partial charge on any atom is 0.416 e. The molecule has 3 rings (SSSR count). The number of phenolic OH excluding ortho intramolecular Hbond substituents is 1. The number of rotatable bonds is 9. The summed E-state index contributed by atoms with van der Waals surface area (Å²) in [6.45, 7) is 2.89. The first kappa shape index (κ1) is 26.5. The number of aliphatic hydroxyl groups excluding tert-OH is 1. The predicted octanol–water partition coefficient (Wildman–Crippen LogP) is 4.99. The molecule has 0 aliphatic carbocycles. The van der Waals surface area contributed by atoms with Crippen molar-refractivity contribution in [3.63, 3.8) is 0 Å². The van der Waals surface area contributed by atoms with Gasteiger partial charge in [-0.2, -0.15) is 17.5 Å². The van der Waals surface area contributed by atoms with E-state index in [1.807, 2.05) is 0 Å². The van der Waals surface area contributed by atoms with Crippen LogP contribution in [0, 0.1) is 0 Å². The van der Waals surface area contributed by atoms with Crippen molar-refractivity contribution in [3.8, 4) is 11.5 Å². The number of para-hydroxylation sites is 1. The number of benzene rings is 3. The van der Waals surface area contributed by atoms with Crippen LogP contribution >= 0.6 is 0 Å². The van der Waals surface area contributed by atoms with E-state index >= 15 is 0 Å². The third-order valence-electron chi connectivity index (χ3n) is 5.50. The number of nitrogens with zero attached hydrogens (tertiary/aromatic N) is 1. The number of alkyl halides is 3. The lowest BCUT2D eigenvalue weighted by Crippen LogP contribution is -2.49. The van der Waals surface area contributed by atoms with Crippen LogP contribution in [0.3, 0.4) is 0 Å². The molecule has 0 bridgehead atoms. The normalized spacial score (nSPS) is 14.9. The van der Waals surface area contributed by atoms with Crippen molar-refractivity contribution in [1.29, 1.82) is 0 Å². The molecule has 0 aromatic heterocycles. The molecule has 3 atom stereocenters. The predicted molar refractivity (Wildman–Crippen MR) is 124 cm³/mol. The molecule has 0 aliphatic heterocycles. The Morgan fingerprint density at radius 2 is 1.57 bits per heavy atom. The molecule has 188 valence electrons. The monoisotopic (exact) mass is 509 g/mol. The number of hydrogen-bond acceptors (Lipinski definition) is 5. The number of phenols is 1. The van der Waals surface area contributed by atoms with E-state index in [4.69, 9.17) is 4.74 Å². The fourth-order valence-corrected chi connectivity index (χ4v) is 5.57. The number of hydrogen-bond donors (Lipinski definition) is 2. The molecular weight excluding hydrogens is 483 g/mol. The largest absolute Gasteiger partial charge is 0.508 e. The van der Waals surface area contributed by atoms with Crippen molar-refractivity contribution < 1.29 is 36.5 Å². The maximum atomic E-state index is 13.6. The van der Waals surface area contributed by atoms with Crippen LogP contribution in [0.5, 0.6) is 11.5 Å². The summed E-state index contributed by atoms with van der Waals surface area (Å²) in [4.78, 5) is -0.552. The van der Waals surface area contributed by atoms with E-state index in [0.29, 0.717) is 17.4 Å². The molecule has 0 amide bonds. The smallest absolute Gasteiger partial charge is 0.416 e. The van der Waals surface area contributed by atoms with Gasteiger partial charge in [0.1, 0.15) is 18.1 Å². The van der Waals surface area contributed by atoms with E-state index < -0.39 is 44.8 Å². The molecular formula is C25H26F3NO5S. The molecule has 6 nitrogen and oxygen atoms in total. The van der Waals surface area contributed by atoms with Gasteiger partial charge in [-0.3, -0.25) is 0 Å². The van der Waals surface area contributed by atoms with E-state index in [0.717, 1.165) is 22.5 Å². The molecule has 35 heavy (non-hydrogen) atoms. The van der Waals surface area contributed by atoms with E-state index in [1.54, 1.807) is 37.3 Å². The van der Waals surface area contributed by atoms with E-state index in [2.05, 4.69) is 0 Å². The van der Waals surface area contributed by atoms with Gasteiger partial charge in [-0.05, 0) is 61.9 Å². The average molecular weight is 510 g/mol. The fourth-order valence-electron chi connectivity index (χ4n) is 3.71. The minimum atomic E-state index is -4.73. The minimum absolute atomic E-state index is 0.0355. The van der Waals surface area contributed by atoms with Crippen LogP contribution in [0.4, 0.5) is 13.2 Å². The summed E-state index contributed by atoms with van der Waals surface area (Å²) in [5, 5.41) is 20.5. The topological polar surface area (TPSA) is 87.1 Å². The van der Waals surface area contributed by atoms with Gasteiger partial charge in [0.2, 0.25) is 10.0 Å². The van der Waals surface area contributed by atoms with Crippen LogP contribution < -0.4 is 4.74 Å². The Kier molecular flexibility index (Phi) is 8.09. The highest BCUT2D eigenvalue weighted by Crippen LogP contribution is 2.33. The molecule has 10 heteroatoms.